The smallest absolute Gasteiger partial charge is 0.222 e. The molecule has 3 fully saturated rings. The quantitative estimate of drug-likeness (QED) is 0.704. The van der Waals surface area contributed by atoms with Crippen molar-refractivity contribution >= 4 is 11.8 Å². The van der Waals surface area contributed by atoms with Gasteiger partial charge < -0.3 is 14.5 Å². The van der Waals surface area contributed by atoms with Gasteiger partial charge in [0.1, 0.15) is 5.75 Å². The first-order valence-corrected chi connectivity index (χ1v) is 11.3. The molecule has 5 heteroatoms. The number of likely N-dealkylation sites (tertiary alicyclic amines) is 2. The van der Waals surface area contributed by atoms with Crippen molar-refractivity contribution in [3.05, 3.63) is 29.8 Å². The van der Waals surface area contributed by atoms with E-state index < -0.39 is 0 Å². The number of methoxy groups -OCH3 is 1. The summed E-state index contributed by atoms with van der Waals surface area (Å²) in [5.74, 6) is 1.92. The Balaban J connectivity index is 1.29. The first-order chi connectivity index (χ1) is 14.1. The van der Waals surface area contributed by atoms with Crippen molar-refractivity contribution in [1.82, 2.24) is 9.80 Å². The van der Waals surface area contributed by atoms with Crippen LogP contribution in [0.3, 0.4) is 0 Å². The Bertz CT molecular complexity index is 720. The number of hydrogen-bond donors (Lipinski definition) is 0. The highest BCUT2D eigenvalue weighted by molar-refractivity contribution is 5.77. The average Bonchev–Trinajstić information content (AvgIpc) is 3.38. The molecule has 3 aliphatic rings. The van der Waals surface area contributed by atoms with Crippen LogP contribution in [0, 0.1) is 11.3 Å². The SMILES string of the molecule is COc1ccc(CCC(=O)N2CC(CCC(=O)N3CCCC3)C3(CCC3)C2)cc1. The zero-order valence-corrected chi connectivity index (χ0v) is 17.7. The highest BCUT2D eigenvalue weighted by Crippen LogP contribution is 2.53. The number of hydrogen-bond acceptors (Lipinski definition) is 3. The van der Waals surface area contributed by atoms with Gasteiger partial charge in [-0.3, -0.25) is 9.59 Å². The maximum absolute atomic E-state index is 12.9. The molecule has 1 aliphatic carbocycles. The van der Waals surface area contributed by atoms with Crippen molar-refractivity contribution in [3.8, 4) is 5.75 Å². The van der Waals surface area contributed by atoms with E-state index in [0.29, 0.717) is 30.1 Å². The van der Waals surface area contributed by atoms with Crippen LogP contribution >= 0.6 is 0 Å². The average molecular weight is 399 g/mol. The van der Waals surface area contributed by atoms with Crippen LogP contribution in [0.1, 0.15) is 56.9 Å². The zero-order valence-electron chi connectivity index (χ0n) is 17.7. The minimum atomic E-state index is 0.264. The summed E-state index contributed by atoms with van der Waals surface area (Å²) in [6, 6.07) is 7.98. The molecule has 2 aliphatic heterocycles. The van der Waals surface area contributed by atoms with Gasteiger partial charge in [0.25, 0.3) is 0 Å². The van der Waals surface area contributed by atoms with Crippen molar-refractivity contribution in [2.24, 2.45) is 11.3 Å². The molecule has 2 amide bonds. The molecule has 0 aromatic heterocycles. The van der Waals surface area contributed by atoms with Gasteiger partial charge >= 0.3 is 0 Å². The second-order valence-corrected chi connectivity index (χ2v) is 9.16. The van der Waals surface area contributed by atoms with Gasteiger partial charge in [-0.1, -0.05) is 18.6 Å². The van der Waals surface area contributed by atoms with Gasteiger partial charge in [0, 0.05) is 39.0 Å². The molecule has 0 bridgehead atoms. The van der Waals surface area contributed by atoms with Crippen molar-refractivity contribution in [1.29, 1.82) is 0 Å². The first kappa shape index (κ1) is 20.2. The molecule has 1 spiro atoms. The number of amides is 2. The molecule has 5 nitrogen and oxygen atoms in total. The lowest BCUT2D eigenvalue weighted by atomic mass is 9.62. The number of carbonyl (C=O) groups is 2. The van der Waals surface area contributed by atoms with E-state index in [4.69, 9.17) is 4.74 Å². The summed E-state index contributed by atoms with van der Waals surface area (Å²) in [5.41, 5.74) is 1.46. The summed E-state index contributed by atoms with van der Waals surface area (Å²) in [6.07, 6.45) is 8.93. The molecule has 2 heterocycles. The Labute approximate surface area is 174 Å². The van der Waals surface area contributed by atoms with Gasteiger partial charge in [-0.05, 0) is 67.6 Å². The molecule has 1 atom stereocenters. The Morgan fingerprint density at radius 1 is 1.00 bits per heavy atom. The number of rotatable bonds is 7. The molecule has 2 saturated heterocycles. The lowest BCUT2D eigenvalue weighted by molar-refractivity contribution is -0.131. The van der Waals surface area contributed by atoms with E-state index in [1.165, 1.54) is 24.8 Å². The molecule has 0 N–H and O–H groups in total. The fraction of sp³-hybridized carbons (Fsp3) is 0.667. The van der Waals surface area contributed by atoms with Gasteiger partial charge in [0.05, 0.1) is 7.11 Å². The van der Waals surface area contributed by atoms with E-state index in [0.717, 1.165) is 57.6 Å². The number of carbonyl (C=O) groups excluding carboxylic acids is 2. The van der Waals surface area contributed by atoms with Gasteiger partial charge in [-0.15, -0.1) is 0 Å². The maximum atomic E-state index is 12.9. The summed E-state index contributed by atoms with van der Waals surface area (Å²) in [5, 5.41) is 0. The zero-order chi connectivity index (χ0) is 20.3. The monoisotopic (exact) mass is 398 g/mol. The summed E-state index contributed by atoms with van der Waals surface area (Å²) < 4.78 is 5.20. The summed E-state index contributed by atoms with van der Waals surface area (Å²) in [7, 11) is 1.66. The van der Waals surface area contributed by atoms with Crippen LogP contribution in [0.2, 0.25) is 0 Å². The summed E-state index contributed by atoms with van der Waals surface area (Å²) in [4.78, 5) is 29.5. The van der Waals surface area contributed by atoms with Crippen molar-refractivity contribution < 1.29 is 14.3 Å². The largest absolute Gasteiger partial charge is 0.497 e. The normalized spacial score (nSPS) is 22.7. The lowest BCUT2D eigenvalue weighted by Gasteiger charge is -2.43. The minimum Gasteiger partial charge on any atom is -0.497 e. The molecule has 4 rings (SSSR count). The highest BCUT2D eigenvalue weighted by Gasteiger charge is 2.50. The predicted octanol–water partition coefficient (Wildman–Crippen LogP) is 3.66. The van der Waals surface area contributed by atoms with Crippen LogP contribution in [0.4, 0.5) is 0 Å². The van der Waals surface area contributed by atoms with Gasteiger partial charge in [-0.25, -0.2) is 0 Å². The summed E-state index contributed by atoms with van der Waals surface area (Å²) in [6.45, 7) is 3.61. The fourth-order valence-corrected chi connectivity index (χ4v) is 5.44. The van der Waals surface area contributed by atoms with Crippen LogP contribution in [0.5, 0.6) is 5.75 Å². The topological polar surface area (TPSA) is 49.9 Å². The second-order valence-electron chi connectivity index (χ2n) is 9.16. The van der Waals surface area contributed by atoms with E-state index in [-0.39, 0.29) is 5.91 Å². The van der Waals surface area contributed by atoms with Crippen LogP contribution in [-0.2, 0) is 16.0 Å². The first-order valence-electron chi connectivity index (χ1n) is 11.3. The number of nitrogens with zero attached hydrogens (tertiary/aromatic N) is 2. The Morgan fingerprint density at radius 3 is 2.31 bits per heavy atom. The Hall–Kier alpha value is -2.04. The maximum Gasteiger partial charge on any atom is 0.222 e. The van der Waals surface area contributed by atoms with E-state index >= 15 is 0 Å². The fourth-order valence-electron chi connectivity index (χ4n) is 5.44. The van der Waals surface area contributed by atoms with E-state index in [2.05, 4.69) is 4.90 Å². The molecule has 1 aromatic rings. The van der Waals surface area contributed by atoms with E-state index in [1.54, 1.807) is 7.11 Å². The third-order valence-corrected chi connectivity index (χ3v) is 7.47. The van der Waals surface area contributed by atoms with Gasteiger partial charge in [0.15, 0.2) is 0 Å². The standard InChI is InChI=1S/C24H34N2O3/c1-29-21-9-5-19(6-10-21)7-11-23(28)26-17-20(24(18-26)13-4-14-24)8-12-22(27)25-15-2-3-16-25/h5-6,9-10,20H,2-4,7-8,11-18H2,1H3. The third-order valence-electron chi connectivity index (χ3n) is 7.47. The van der Waals surface area contributed by atoms with Crippen LogP contribution < -0.4 is 4.74 Å². The van der Waals surface area contributed by atoms with Crippen LogP contribution in [-0.4, -0.2) is 54.9 Å². The number of aryl methyl sites for hydroxylation is 1. The number of ether oxygens (including phenoxy) is 1. The molecule has 158 valence electrons. The van der Waals surface area contributed by atoms with Crippen LogP contribution in [0.25, 0.3) is 0 Å². The Morgan fingerprint density at radius 2 is 1.69 bits per heavy atom. The van der Waals surface area contributed by atoms with E-state index in [1.807, 2.05) is 29.2 Å². The van der Waals surface area contributed by atoms with Crippen molar-refractivity contribution in [3.63, 3.8) is 0 Å². The molecule has 1 unspecified atom stereocenters. The van der Waals surface area contributed by atoms with E-state index in [9.17, 15) is 9.59 Å². The number of benzene rings is 1. The third kappa shape index (κ3) is 4.44. The molecule has 29 heavy (non-hydrogen) atoms. The lowest BCUT2D eigenvalue weighted by Crippen LogP contribution is -2.39. The molecule has 1 saturated carbocycles. The summed E-state index contributed by atoms with van der Waals surface area (Å²) >= 11 is 0. The molecule has 1 aromatic carbocycles. The van der Waals surface area contributed by atoms with Gasteiger partial charge in [-0.2, -0.15) is 0 Å². The molecular formula is C24H34N2O3. The second kappa shape index (κ2) is 8.76. The van der Waals surface area contributed by atoms with Crippen molar-refractivity contribution in [2.75, 3.05) is 33.3 Å². The van der Waals surface area contributed by atoms with Crippen molar-refractivity contribution in [2.45, 2.75) is 57.8 Å². The predicted molar refractivity (Wildman–Crippen MR) is 113 cm³/mol. The van der Waals surface area contributed by atoms with Gasteiger partial charge in [0.2, 0.25) is 11.8 Å². The Kier molecular flexibility index (Phi) is 6.12. The van der Waals surface area contributed by atoms with Crippen LogP contribution in [0.15, 0.2) is 24.3 Å². The minimum absolute atomic E-state index is 0.264. The highest BCUT2D eigenvalue weighted by atomic mass is 16.5. The molecular weight excluding hydrogens is 364 g/mol. The molecule has 0 radical (unpaired) electrons.